The largest absolute Gasteiger partial charge is 0.442 e. The summed E-state index contributed by atoms with van der Waals surface area (Å²) >= 11 is 0. The Bertz CT molecular complexity index is 547. The van der Waals surface area contributed by atoms with Crippen LogP contribution in [-0.4, -0.2) is 26.0 Å². The molecule has 5 heteroatoms. The summed E-state index contributed by atoms with van der Waals surface area (Å²) in [6, 6.07) is 5.87. The van der Waals surface area contributed by atoms with Crippen molar-refractivity contribution in [2.45, 2.75) is 67.9 Å². The van der Waals surface area contributed by atoms with Gasteiger partial charge in [0.2, 0.25) is 0 Å². The molecule has 0 N–H and O–H groups in total. The van der Waals surface area contributed by atoms with E-state index < -0.39 is 11.7 Å². The molecule has 138 valence electrons. The molecular formula is C19H35N3O2. The molecule has 0 saturated heterocycles. The molecular weight excluding hydrogens is 302 g/mol. The van der Waals surface area contributed by atoms with E-state index in [1.807, 2.05) is 67.8 Å². The summed E-state index contributed by atoms with van der Waals surface area (Å²) in [5.74, 6) is 0. The summed E-state index contributed by atoms with van der Waals surface area (Å²) in [6.45, 7) is 17.4. The minimum absolute atomic E-state index is 0.435. The highest BCUT2D eigenvalue weighted by atomic mass is 16.6. The number of nitrogens with zero attached hydrogens (tertiary/aromatic N) is 3. The van der Waals surface area contributed by atoms with Crippen molar-refractivity contribution < 1.29 is 9.53 Å². The Kier molecular flexibility index (Phi) is 12.5. The summed E-state index contributed by atoms with van der Waals surface area (Å²) in [7, 11) is 2.04. The molecule has 0 saturated carbocycles. The van der Waals surface area contributed by atoms with Gasteiger partial charge in [0.1, 0.15) is 5.60 Å². The highest BCUT2D eigenvalue weighted by Gasteiger charge is 2.18. The lowest BCUT2D eigenvalue weighted by atomic mass is 10.2. The molecule has 0 aliphatic carbocycles. The maximum Gasteiger partial charge on any atom is 0.435 e. The molecule has 2 rings (SSSR count). The standard InChI is InChI=1S/C9H14N2O2.C6H9N.2C2H6/c1-7-5-6-10-11(7)8(12)13-9(2,3)4;1-6-4-3-5-7(6)2;2*1-2/h5-6H,1-4H3;3-5H,1-2H3;2*1-2H3. The van der Waals surface area contributed by atoms with Crippen LogP contribution >= 0.6 is 0 Å². The van der Waals surface area contributed by atoms with Crippen molar-refractivity contribution >= 4 is 6.09 Å². The Morgan fingerprint density at radius 2 is 1.58 bits per heavy atom. The molecule has 0 spiro atoms. The van der Waals surface area contributed by atoms with Gasteiger partial charge in [0.25, 0.3) is 0 Å². The highest BCUT2D eigenvalue weighted by molar-refractivity contribution is 5.70. The predicted octanol–water partition coefficient (Wildman–Crippen LogP) is 5.36. The summed E-state index contributed by atoms with van der Waals surface area (Å²) in [5, 5.41) is 3.84. The highest BCUT2D eigenvalue weighted by Crippen LogP contribution is 2.09. The zero-order chi connectivity index (χ0) is 19.3. The normalized spacial score (nSPS) is 9.42. The fraction of sp³-hybridized carbons (Fsp3) is 0.579. The molecule has 0 bridgehead atoms. The Labute approximate surface area is 147 Å². The molecule has 2 aromatic heterocycles. The van der Waals surface area contributed by atoms with E-state index in [1.165, 1.54) is 10.4 Å². The molecule has 0 fully saturated rings. The number of hydrogen-bond donors (Lipinski definition) is 0. The lowest BCUT2D eigenvalue weighted by molar-refractivity contribution is 0.0511. The van der Waals surface area contributed by atoms with E-state index in [1.54, 1.807) is 19.2 Å². The minimum atomic E-state index is -0.477. The molecule has 2 heterocycles. The molecule has 24 heavy (non-hydrogen) atoms. The number of rotatable bonds is 0. The van der Waals surface area contributed by atoms with Crippen LogP contribution in [0.5, 0.6) is 0 Å². The average Bonchev–Trinajstić information content (AvgIpc) is 3.11. The van der Waals surface area contributed by atoms with Crippen LogP contribution in [0.3, 0.4) is 0 Å². The van der Waals surface area contributed by atoms with E-state index >= 15 is 0 Å². The van der Waals surface area contributed by atoms with Crippen molar-refractivity contribution in [3.05, 3.63) is 42.0 Å². The molecule has 5 nitrogen and oxygen atoms in total. The van der Waals surface area contributed by atoms with Gasteiger partial charge in [0.05, 0.1) is 0 Å². The van der Waals surface area contributed by atoms with E-state index in [-0.39, 0.29) is 0 Å². The van der Waals surface area contributed by atoms with Gasteiger partial charge in [-0.15, -0.1) is 0 Å². The molecule has 2 aromatic rings. The number of carbonyl (C=O) groups excluding carboxylic acids is 1. The number of carbonyl (C=O) groups is 1. The molecule has 0 aliphatic rings. The second kappa shape index (κ2) is 12.4. The van der Waals surface area contributed by atoms with Gasteiger partial charge in [0, 0.05) is 30.8 Å². The van der Waals surface area contributed by atoms with Gasteiger partial charge in [-0.25, -0.2) is 4.79 Å². The molecule has 0 radical (unpaired) electrons. The van der Waals surface area contributed by atoms with Crippen LogP contribution in [0, 0.1) is 13.8 Å². The van der Waals surface area contributed by atoms with Crippen molar-refractivity contribution in [1.82, 2.24) is 14.3 Å². The lowest BCUT2D eigenvalue weighted by Gasteiger charge is -2.19. The first-order chi connectivity index (χ1) is 11.2. The zero-order valence-electron chi connectivity index (χ0n) is 17.0. The maximum atomic E-state index is 11.4. The first-order valence-electron chi connectivity index (χ1n) is 8.52. The van der Waals surface area contributed by atoms with Gasteiger partial charge in [-0.2, -0.15) is 9.78 Å². The van der Waals surface area contributed by atoms with Crippen molar-refractivity contribution in [1.29, 1.82) is 0 Å². The van der Waals surface area contributed by atoms with Crippen molar-refractivity contribution in [2.75, 3.05) is 0 Å². The summed E-state index contributed by atoms with van der Waals surface area (Å²) < 4.78 is 8.45. The Balaban J connectivity index is 0. The second-order valence-electron chi connectivity index (χ2n) is 5.63. The van der Waals surface area contributed by atoms with Gasteiger partial charge in [0.15, 0.2) is 0 Å². The average molecular weight is 338 g/mol. The van der Waals surface area contributed by atoms with E-state index in [4.69, 9.17) is 4.74 Å². The third-order valence-electron chi connectivity index (χ3n) is 2.60. The van der Waals surface area contributed by atoms with Crippen LogP contribution in [0.25, 0.3) is 0 Å². The summed E-state index contributed by atoms with van der Waals surface area (Å²) in [6.07, 6.45) is 3.17. The van der Waals surface area contributed by atoms with E-state index in [9.17, 15) is 4.79 Å². The SMILES string of the molecule is CC.CC.Cc1cccn1C.Cc1ccnn1C(=O)OC(C)(C)C. The van der Waals surface area contributed by atoms with Gasteiger partial charge in [-0.05, 0) is 52.8 Å². The maximum absolute atomic E-state index is 11.4. The lowest BCUT2D eigenvalue weighted by Crippen LogP contribution is -2.28. The Hall–Kier alpha value is -2.04. The quantitative estimate of drug-likeness (QED) is 0.650. The Morgan fingerprint density at radius 1 is 1.04 bits per heavy atom. The third kappa shape index (κ3) is 9.87. The van der Waals surface area contributed by atoms with Crippen molar-refractivity contribution in [3.63, 3.8) is 0 Å². The first kappa shape index (κ1) is 24.2. The predicted molar refractivity (Wildman–Crippen MR) is 101 cm³/mol. The second-order valence-corrected chi connectivity index (χ2v) is 5.63. The van der Waals surface area contributed by atoms with Crippen LogP contribution in [0.4, 0.5) is 4.79 Å². The number of aromatic nitrogens is 3. The van der Waals surface area contributed by atoms with Crippen LogP contribution in [-0.2, 0) is 11.8 Å². The minimum Gasteiger partial charge on any atom is -0.442 e. The fourth-order valence-electron chi connectivity index (χ4n) is 1.41. The topological polar surface area (TPSA) is 49.0 Å². The number of hydrogen-bond acceptors (Lipinski definition) is 3. The van der Waals surface area contributed by atoms with Crippen LogP contribution in [0.15, 0.2) is 30.6 Å². The van der Waals surface area contributed by atoms with E-state index in [0.717, 1.165) is 5.69 Å². The van der Waals surface area contributed by atoms with Crippen LogP contribution in [0.2, 0.25) is 0 Å². The van der Waals surface area contributed by atoms with E-state index in [2.05, 4.69) is 22.7 Å². The van der Waals surface area contributed by atoms with Crippen molar-refractivity contribution in [2.24, 2.45) is 7.05 Å². The third-order valence-corrected chi connectivity index (χ3v) is 2.60. The monoisotopic (exact) mass is 337 g/mol. The van der Waals surface area contributed by atoms with Crippen LogP contribution in [0.1, 0.15) is 59.9 Å². The molecule has 0 atom stereocenters. The molecule has 0 aliphatic heterocycles. The molecule has 0 amide bonds. The van der Waals surface area contributed by atoms with Gasteiger partial charge >= 0.3 is 6.09 Å². The van der Waals surface area contributed by atoms with Gasteiger partial charge in [-0.3, -0.25) is 0 Å². The molecule has 0 unspecified atom stereocenters. The van der Waals surface area contributed by atoms with Gasteiger partial charge in [-0.1, -0.05) is 27.7 Å². The zero-order valence-corrected chi connectivity index (χ0v) is 17.0. The smallest absolute Gasteiger partial charge is 0.435 e. The van der Waals surface area contributed by atoms with Crippen LogP contribution < -0.4 is 0 Å². The number of aryl methyl sites for hydroxylation is 3. The number of ether oxygens (including phenoxy) is 1. The van der Waals surface area contributed by atoms with Crippen molar-refractivity contribution in [3.8, 4) is 0 Å². The Morgan fingerprint density at radius 3 is 1.83 bits per heavy atom. The van der Waals surface area contributed by atoms with Gasteiger partial charge < -0.3 is 9.30 Å². The fourth-order valence-corrected chi connectivity index (χ4v) is 1.41. The first-order valence-corrected chi connectivity index (χ1v) is 8.52. The summed E-state index contributed by atoms with van der Waals surface area (Å²) in [5.41, 5.74) is 1.60. The van der Waals surface area contributed by atoms with E-state index in [0.29, 0.717) is 0 Å². The summed E-state index contributed by atoms with van der Waals surface area (Å²) in [4.78, 5) is 11.4. The molecule has 0 aromatic carbocycles.